The zero-order chi connectivity index (χ0) is 21.7. The number of esters is 1. The summed E-state index contributed by atoms with van der Waals surface area (Å²) in [4.78, 5) is 11.2. The Kier molecular flexibility index (Phi) is 6.40. The number of carbonyl (C=O) groups is 1. The van der Waals surface area contributed by atoms with Gasteiger partial charge in [0.1, 0.15) is 17.6 Å². The molecule has 152 valence electrons. The minimum atomic E-state index is -4.01. The first kappa shape index (κ1) is 21.4. The molecule has 0 aliphatic rings. The van der Waals surface area contributed by atoms with Crippen molar-refractivity contribution in [2.24, 2.45) is 0 Å². The fraction of sp³-hybridized carbons (Fsp3) is 0.0909. The molecule has 1 heterocycles. The lowest BCUT2D eigenvalue weighted by molar-refractivity contribution is 0.0526. The number of benzene rings is 2. The lowest BCUT2D eigenvalue weighted by atomic mass is 10.1. The summed E-state index contributed by atoms with van der Waals surface area (Å²) in [6, 6.07) is 17.1. The van der Waals surface area contributed by atoms with Gasteiger partial charge in [-0.2, -0.15) is 5.26 Å². The van der Waals surface area contributed by atoms with Gasteiger partial charge in [0.15, 0.2) is 4.91 Å². The van der Waals surface area contributed by atoms with Crippen LogP contribution in [0.15, 0.2) is 74.9 Å². The monoisotopic (exact) mass is 441 g/mol. The van der Waals surface area contributed by atoms with E-state index in [4.69, 9.17) is 20.8 Å². The minimum absolute atomic E-state index is 0.0407. The number of rotatable bonds is 6. The Morgan fingerprint density at radius 1 is 1.10 bits per heavy atom. The first-order valence-electron chi connectivity index (χ1n) is 8.85. The number of furan rings is 1. The highest BCUT2D eigenvalue weighted by molar-refractivity contribution is 7.95. The van der Waals surface area contributed by atoms with Crippen LogP contribution in [0.4, 0.5) is 0 Å². The molecule has 3 aromatic rings. The largest absolute Gasteiger partial charge is 0.462 e. The predicted octanol–water partition coefficient (Wildman–Crippen LogP) is 5.12. The maximum Gasteiger partial charge on any atom is 0.338 e. The molecular weight excluding hydrogens is 426 g/mol. The van der Waals surface area contributed by atoms with E-state index in [0.717, 1.165) is 0 Å². The van der Waals surface area contributed by atoms with Gasteiger partial charge in [0.25, 0.3) is 0 Å². The number of hydrogen-bond donors (Lipinski definition) is 0. The number of sulfone groups is 1. The summed E-state index contributed by atoms with van der Waals surface area (Å²) in [5.41, 5.74) is 1.09. The Labute approximate surface area is 178 Å². The SMILES string of the molecule is CCOC(=O)c1ccc(-c2ccc(C=C(C#N)S(=O)(=O)c3ccc(Cl)cc3)o2)cc1. The standard InChI is InChI=1S/C22H16ClNO5S/c1-2-28-22(25)16-5-3-15(4-6-16)21-12-9-18(29-21)13-20(14-24)30(26,27)19-10-7-17(23)8-11-19/h3-13H,2H2,1H3. The van der Waals surface area contributed by atoms with E-state index in [9.17, 15) is 18.5 Å². The zero-order valence-corrected chi connectivity index (χ0v) is 17.4. The molecule has 2 aromatic carbocycles. The van der Waals surface area contributed by atoms with Crippen molar-refractivity contribution < 1.29 is 22.4 Å². The quantitative estimate of drug-likeness (QED) is 0.389. The Balaban J connectivity index is 1.87. The van der Waals surface area contributed by atoms with Crippen LogP contribution in [-0.4, -0.2) is 21.0 Å². The Morgan fingerprint density at radius 2 is 1.77 bits per heavy atom. The number of allylic oxidation sites excluding steroid dienone is 1. The molecule has 0 saturated carbocycles. The van der Waals surface area contributed by atoms with Crippen LogP contribution >= 0.6 is 11.6 Å². The fourth-order valence-electron chi connectivity index (χ4n) is 2.61. The van der Waals surface area contributed by atoms with Crippen LogP contribution in [0.1, 0.15) is 23.0 Å². The van der Waals surface area contributed by atoms with Crippen LogP contribution in [0.5, 0.6) is 0 Å². The van der Waals surface area contributed by atoms with Crippen LogP contribution in [0, 0.1) is 11.3 Å². The topological polar surface area (TPSA) is 97.4 Å². The normalized spacial score (nSPS) is 11.7. The number of hydrogen-bond acceptors (Lipinski definition) is 6. The highest BCUT2D eigenvalue weighted by Crippen LogP contribution is 2.27. The van der Waals surface area contributed by atoms with E-state index in [1.807, 2.05) is 0 Å². The fourth-order valence-corrected chi connectivity index (χ4v) is 3.88. The number of ether oxygens (including phenoxy) is 1. The second-order valence-electron chi connectivity index (χ2n) is 6.08. The second-order valence-corrected chi connectivity index (χ2v) is 8.43. The van der Waals surface area contributed by atoms with Gasteiger partial charge >= 0.3 is 5.97 Å². The highest BCUT2D eigenvalue weighted by atomic mass is 35.5. The number of carbonyl (C=O) groups excluding carboxylic acids is 1. The van der Waals surface area contributed by atoms with E-state index in [1.165, 1.54) is 30.3 Å². The van der Waals surface area contributed by atoms with Crippen molar-refractivity contribution in [2.75, 3.05) is 6.61 Å². The second kappa shape index (κ2) is 8.99. The van der Waals surface area contributed by atoms with Crippen molar-refractivity contribution in [1.82, 2.24) is 0 Å². The molecule has 0 aliphatic heterocycles. The number of nitrogens with zero attached hydrogens (tertiary/aromatic N) is 1. The molecule has 0 aliphatic carbocycles. The summed E-state index contributed by atoms with van der Waals surface area (Å²) in [6.07, 6.45) is 1.17. The number of nitriles is 1. The van der Waals surface area contributed by atoms with Crippen molar-refractivity contribution in [3.8, 4) is 17.4 Å². The Hall–Kier alpha value is -3.34. The van der Waals surface area contributed by atoms with E-state index < -0.39 is 20.7 Å². The molecule has 0 N–H and O–H groups in total. The predicted molar refractivity (Wildman–Crippen MR) is 112 cm³/mol. The molecule has 30 heavy (non-hydrogen) atoms. The molecule has 0 radical (unpaired) electrons. The summed E-state index contributed by atoms with van der Waals surface area (Å²) in [7, 11) is -4.01. The van der Waals surface area contributed by atoms with Crippen LogP contribution in [0.25, 0.3) is 17.4 Å². The molecule has 0 bridgehead atoms. The summed E-state index contributed by atoms with van der Waals surface area (Å²) in [5, 5.41) is 9.77. The Morgan fingerprint density at radius 3 is 2.37 bits per heavy atom. The van der Waals surface area contributed by atoms with E-state index in [1.54, 1.807) is 49.4 Å². The van der Waals surface area contributed by atoms with Gasteiger partial charge in [-0.1, -0.05) is 23.7 Å². The van der Waals surface area contributed by atoms with Crippen LogP contribution < -0.4 is 0 Å². The zero-order valence-electron chi connectivity index (χ0n) is 15.8. The third-order valence-corrected chi connectivity index (χ3v) is 6.04. The van der Waals surface area contributed by atoms with Crippen LogP contribution in [0.3, 0.4) is 0 Å². The Bertz CT molecular complexity index is 1230. The average Bonchev–Trinajstić information content (AvgIpc) is 3.21. The van der Waals surface area contributed by atoms with E-state index in [0.29, 0.717) is 21.9 Å². The first-order valence-corrected chi connectivity index (χ1v) is 10.7. The molecule has 1 aromatic heterocycles. The molecular formula is C22H16ClNO5S. The molecule has 0 amide bonds. The van der Waals surface area contributed by atoms with Crippen molar-refractivity contribution in [3.05, 3.63) is 81.9 Å². The van der Waals surface area contributed by atoms with E-state index in [-0.39, 0.29) is 17.3 Å². The summed E-state index contributed by atoms with van der Waals surface area (Å²) >= 11 is 5.79. The van der Waals surface area contributed by atoms with Gasteiger partial charge in [-0.3, -0.25) is 0 Å². The van der Waals surface area contributed by atoms with Gasteiger partial charge < -0.3 is 9.15 Å². The van der Waals surface area contributed by atoms with Crippen molar-refractivity contribution in [2.45, 2.75) is 11.8 Å². The van der Waals surface area contributed by atoms with Crippen molar-refractivity contribution in [3.63, 3.8) is 0 Å². The summed E-state index contributed by atoms with van der Waals surface area (Å²) in [5.74, 6) is 0.240. The lowest BCUT2D eigenvalue weighted by Gasteiger charge is -2.03. The maximum absolute atomic E-state index is 12.7. The summed E-state index contributed by atoms with van der Waals surface area (Å²) < 4.78 is 36.0. The van der Waals surface area contributed by atoms with Gasteiger partial charge in [-0.15, -0.1) is 0 Å². The number of halogens is 1. The minimum Gasteiger partial charge on any atom is -0.462 e. The summed E-state index contributed by atoms with van der Waals surface area (Å²) in [6.45, 7) is 2.02. The van der Waals surface area contributed by atoms with Crippen molar-refractivity contribution in [1.29, 1.82) is 5.26 Å². The van der Waals surface area contributed by atoms with Crippen molar-refractivity contribution >= 4 is 33.5 Å². The average molecular weight is 442 g/mol. The third kappa shape index (κ3) is 4.62. The van der Waals surface area contributed by atoms with Gasteiger partial charge in [0.2, 0.25) is 9.84 Å². The van der Waals surface area contributed by atoms with Gasteiger partial charge in [-0.25, -0.2) is 13.2 Å². The van der Waals surface area contributed by atoms with E-state index in [2.05, 4.69) is 0 Å². The molecule has 6 nitrogen and oxygen atoms in total. The van der Waals surface area contributed by atoms with Gasteiger partial charge in [0, 0.05) is 16.7 Å². The molecule has 3 rings (SSSR count). The molecule has 0 fully saturated rings. The van der Waals surface area contributed by atoms with Crippen LogP contribution in [-0.2, 0) is 14.6 Å². The highest BCUT2D eigenvalue weighted by Gasteiger charge is 2.21. The maximum atomic E-state index is 12.7. The lowest BCUT2D eigenvalue weighted by Crippen LogP contribution is -2.03. The van der Waals surface area contributed by atoms with Crippen LogP contribution in [0.2, 0.25) is 5.02 Å². The van der Waals surface area contributed by atoms with Gasteiger partial charge in [-0.05, 0) is 55.5 Å². The molecule has 8 heteroatoms. The molecule has 0 atom stereocenters. The third-order valence-electron chi connectivity index (χ3n) is 4.10. The molecule has 0 unspecified atom stereocenters. The van der Waals surface area contributed by atoms with E-state index >= 15 is 0 Å². The van der Waals surface area contributed by atoms with Gasteiger partial charge in [0.05, 0.1) is 17.1 Å². The first-order chi connectivity index (χ1) is 14.3. The molecule has 0 saturated heterocycles. The molecule has 0 spiro atoms. The smallest absolute Gasteiger partial charge is 0.338 e.